The van der Waals surface area contributed by atoms with E-state index >= 15 is 0 Å². The highest BCUT2D eigenvalue weighted by Crippen LogP contribution is 2.44. The fourth-order valence-corrected chi connectivity index (χ4v) is 6.02. The first-order valence-electron chi connectivity index (χ1n) is 14.5. The third kappa shape index (κ3) is 5.07. The van der Waals surface area contributed by atoms with Crippen LogP contribution in [-0.2, 0) is 20.8 Å². The maximum Gasteiger partial charge on any atom is 0.247 e. The van der Waals surface area contributed by atoms with Gasteiger partial charge < -0.3 is 9.88 Å². The Labute approximate surface area is 251 Å². The first-order valence-corrected chi connectivity index (χ1v) is 14.5. The van der Waals surface area contributed by atoms with Gasteiger partial charge in [0, 0.05) is 35.0 Å². The molecule has 1 unspecified atom stereocenters. The number of carbonyl (C=O) groups excluding carboxylic acids is 3. The molecule has 0 spiro atoms. The molecule has 7 nitrogen and oxygen atoms in total. The Morgan fingerprint density at radius 3 is 2.07 bits per heavy atom. The molecule has 7 heteroatoms. The monoisotopic (exact) mass is 570 g/mol. The Kier molecular flexibility index (Phi) is 7.32. The highest BCUT2D eigenvalue weighted by molar-refractivity contribution is 6.24. The number of nitrogens with zero attached hydrogens (tertiary/aromatic N) is 3. The SMILES string of the molecule is CC(C)N(C(=O)CN1C(=O)C(C)(Cc2cc3ccccc3[nH]2)C(=O)N(c2ccccc2)c2ccccc21)c1ccccc1. The molecule has 43 heavy (non-hydrogen) atoms. The summed E-state index contributed by atoms with van der Waals surface area (Å²) in [5, 5.41) is 1.00. The lowest BCUT2D eigenvalue weighted by Crippen LogP contribution is -2.53. The van der Waals surface area contributed by atoms with Gasteiger partial charge in [-0.2, -0.15) is 0 Å². The number of carbonyl (C=O) groups is 3. The standard InChI is InChI=1S/C36H34N4O3/c1-25(2)39(28-15-6-4-7-16-28)33(41)24-38-31-20-12-13-21-32(31)40(29-17-8-5-9-18-29)35(43)36(3,34(38)42)23-27-22-26-14-10-11-19-30(26)37-27/h4-22,25,37H,23-24H2,1-3H3. The number of H-pyrrole nitrogens is 1. The molecular weight excluding hydrogens is 536 g/mol. The number of nitrogens with one attached hydrogen (secondary N) is 1. The van der Waals surface area contributed by atoms with Crippen molar-refractivity contribution in [3.8, 4) is 0 Å². The first-order chi connectivity index (χ1) is 20.8. The van der Waals surface area contributed by atoms with Gasteiger partial charge in [0.2, 0.25) is 17.7 Å². The molecule has 0 saturated heterocycles. The molecule has 216 valence electrons. The second-order valence-electron chi connectivity index (χ2n) is 11.4. The lowest BCUT2D eigenvalue weighted by molar-refractivity contribution is -0.139. The predicted octanol–water partition coefficient (Wildman–Crippen LogP) is 6.87. The smallest absolute Gasteiger partial charge is 0.247 e. The summed E-state index contributed by atoms with van der Waals surface area (Å²) < 4.78 is 0. The van der Waals surface area contributed by atoms with Crippen molar-refractivity contribution in [3.63, 3.8) is 0 Å². The van der Waals surface area contributed by atoms with Gasteiger partial charge in [0.1, 0.15) is 12.0 Å². The van der Waals surface area contributed by atoms with Crippen LogP contribution in [-0.4, -0.2) is 35.3 Å². The number of amides is 3. The van der Waals surface area contributed by atoms with Gasteiger partial charge in [-0.1, -0.05) is 66.7 Å². The fourth-order valence-electron chi connectivity index (χ4n) is 6.02. The summed E-state index contributed by atoms with van der Waals surface area (Å²) in [6.45, 7) is 5.37. The van der Waals surface area contributed by atoms with E-state index in [1.165, 1.54) is 4.90 Å². The summed E-state index contributed by atoms with van der Waals surface area (Å²) in [7, 11) is 0. The van der Waals surface area contributed by atoms with Crippen LogP contribution in [0.15, 0.2) is 115 Å². The van der Waals surface area contributed by atoms with E-state index in [4.69, 9.17) is 0 Å². The molecule has 0 radical (unpaired) electrons. The van der Waals surface area contributed by atoms with Gasteiger partial charge in [0.15, 0.2) is 0 Å². The van der Waals surface area contributed by atoms with Gasteiger partial charge >= 0.3 is 0 Å². The molecule has 0 bridgehead atoms. The fraction of sp³-hybridized carbons (Fsp3) is 0.194. The van der Waals surface area contributed by atoms with E-state index in [2.05, 4.69) is 4.98 Å². The van der Waals surface area contributed by atoms with Gasteiger partial charge in [-0.15, -0.1) is 0 Å². The number of hydrogen-bond donors (Lipinski definition) is 1. The van der Waals surface area contributed by atoms with Crippen LogP contribution in [0.3, 0.4) is 0 Å². The van der Waals surface area contributed by atoms with Crippen molar-refractivity contribution in [1.82, 2.24) is 4.98 Å². The number of hydrogen-bond acceptors (Lipinski definition) is 3. The Balaban J connectivity index is 1.49. The van der Waals surface area contributed by atoms with Gasteiger partial charge in [-0.3, -0.25) is 24.2 Å². The van der Waals surface area contributed by atoms with Crippen molar-refractivity contribution in [3.05, 3.63) is 121 Å². The first kappa shape index (κ1) is 28.0. The molecule has 1 N–H and O–H groups in total. The van der Waals surface area contributed by atoms with Crippen LogP contribution in [0.5, 0.6) is 0 Å². The lowest BCUT2D eigenvalue weighted by Gasteiger charge is -2.33. The van der Waals surface area contributed by atoms with Crippen LogP contribution in [0.25, 0.3) is 10.9 Å². The molecule has 5 aromatic rings. The molecule has 0 aliphatic carbocycles. The Morgan fingerprint density at radius 1 is 0.791 bits per heavy atom. The van der Waals surface area contributed by atoms with E-state index in [0.717, 1.165) is 22.3 Å². The molecule has 1 atom stereocenters. The highest BCUT2D eigenvalue weighted by atomic mass is 16.2. The quantitative estimate of drug-likeness (QED) is 0.217. The number of aromatic nitrogens is 1. The molecule has 0 fully saturated rings. The third-order valence-electron chi connectivity index (χ3n) is 8.06. The Bertz CT molecular complexity index is 1760. The third-order valence-corrected chi connectivity index (χ3v) is 8.06. The average Bonchev–Trinajstić information content (AvgIpc) is 3.40. The van der Waals surface area contributed by atoms with Crippen molar-refractivity contribution in [1.29, 1.82) is 0 Å². The Morgan fingerprint density at radius 2 is 1.40 bits per heavy atom. The zero-order valence-electron chi connectivity index (χ0n) is 24.5. The summed E-state index contributed by atoms with van der Waals surface area (Å²) in [6, 6.07) is 35.8. The largest absolute Gasteiger partial charge is 0.358 e. The van der Waals surface area contributed by atoms with Crippen molar-refractivity contribution in [2.24, 2.45) is 5.41 Å². The van der Waals surface area contributed by atoms with Gasteiger partial charge in [0.25, 0.3) is 0 Å². The summed E-state index contributed by atoms with van der Waals surface area (Å²) in [6.07, 6.45) is 0.133. The van der Waals surface area contributed by atoms with E-state index in [9.17, 15) is 14.4 Å². The van der Waals surface area contributed by atoms with Crippen LogP contribution >= 0.6 is 0 Å². The summed E-state index contributed by atoms with van der Waals surface area (Å²) in [4.78, 5) is 51.8. The van der Waals surface area contributed by atoms with Gasteiger partial charge in [0.05, 0.1) is 11.4 Å². The minimum Gasteiger partial charge on any atom is -0.358 e. The molecule has 1 aliphatic heterocycles. The van der Waals surface area contributed by atoms with Crippen LogP contribution in [0.2, 0.25) is 0 Å². The topological polar surface area (TPSA) is 76.7 Å². The number of anilines is 4. The van der Waals surface area contributed by atoms with Crippen molar-refractivity contribution < 1.29 is 14.4 Å². The number of rotatable bonds is 7. The number of aromatic amines is 1. The van der Waals surface area contributed by atoms with Crippen LogP contribution in [0.1, 0.15) is 26.5 Å². The zero-order valence-corrected chi connectivity index (χ0v) is 24.5. The van der Waals surface area contributed by atoms with Crippen molar-refractivity contribution in [2.45, 2.75) is 33.2 Å². The number of fused-ring (bicyclic) bond motifs is 2. The van der Waals surface area contributed by atoms with Crippen molar-refractivity contribution >= 4 is 51.4 Å². The van der Waals surface area contributed by atoms with E-state index in [1.54, 1.807) is 22.8 Å². The lowest BCUT2D eigenvalue weighted by atomic mass is 9.82. The van der Waals surface area contributed by atoms with Crippen molar-refractivity contribution in [2.75, 3.05) is 21.2 Å². The van der Waals surface area contributed by atoms with Crippen LogP contribution in [0.4, 0.5) is 22.7 Å². The molecular formula is C36H34N4O3. The molecule has 1 aliphatic rings. The average molecular weight is 571 g/mol. The zero-order chi connectivity index (χ0) is 30.1. The van der Waals surface area contributed by atoms with Gasteiger partial charge in [-0.25, -0.2) is 0 Å². The molecule has 2 heterocycles. The van der Waals surface area contributed by atoms with Crippen LogP contribution in [0, 0.1) is 5.41 Å². The summed E-state index contributed by atoms with van der Waals surface area (Å²) in [5.74, 6) is -1.02. The molecule has 0 saturated carbocycles. The second kappa shape index (κ2) is 11.2. The molecule has 6 rings (SSSR count). The number of benzene rings is 4. The van der Waals surface area contributed by atoms with E-state index in [1.807, 2.05) is 123 Å². The highest BCUT2D eigenvalue weighted by Gasteiger charge is 2.51. The molecule has 4 aromatic carbocycles. The Hall–Kier alpha value is -5.17. The second-order valence-corrected chi connectivity index (χ2v) is 11.4. The predicted molar refractivity (Wildman–Crippen MR) is 172 cm³/mol. The van der Waals surface area contributed by atoms with E-state index in [-0.39, 0.29) is 30.8 Å². The molecule has 3 amide bonds. The normalized spacial score (nSPS) is 16.8. The maximum atomic E-state index is 14.8. The molecule has 1 aromatic heterocycles. The minimum absolute atomic E-state index is 0.133. The maximum absolute atomic E-state index is 14.8. The van der Waals surface area contributed by atoms with Gasteiger partial charge in [-0.05, 0) is 74.7 Å². The number of para-hydroxylation sites is 5. The van der Waals surface area contributed by atoms with E-state index in [0.29, 0.717) is 17.1 Å². The van der Waals surface area contributed by atoms with Crippen LogP contribution < -0.4 is 14.7 Å². The van der Waals surface area contributed by atoms with E-state index < -0.39 is 11.3 Å². The summed E-state index contributed by atoms with van der Waals surface area (Å²) >= 11 is 0. The minimum atomic E-state index is -1.52. The summed E-state index contributed by atoms with van der Waals surface area (Å²) in [5.41, 5.74) is 2.64.